The van der Waals surface area contributed by atoms with Crippen LogP contribution in [0.25, 0.3) is 11.5 Å². The van der Waals surface area contributed by atoms with Crippen LogP contribution in [0.15, 0.2) is 89.3 Å². The van der Waals surface area contributed by atoms with Gasteiger partial charge in [-0.1, -0.05) is 78.4 Å². The van der Waals surface area contributed by atoms with Crippen molar-refractivity contribution in [1.29, 1.82) is 0 Å². The molecule has 4 rings (SSSR count). The number of carbonyl (C=O) groups excluding carboxylic acids is 1. The first-order valence-corrected chi connectivity index (χ1v) is 10.0. The van der Waals surface area contributed by atoms with Crippen molar-refractivity contribution < 1.29 is 9.21 Å². The molecule has 1 atom stereocenters. The van der Waals surface area contributed by atoms with Gasteiger partial charge in [-0.25, -0.2) is 4.98 Å². The summed E-state index contributed by atoms with van der Waals surface area (Å²) in [6.07, 6.45) is 0.164. The zero-order valence-electron chi connectivity index (χ0n) is 17.1. The van der Waals surface area contributed by atoms with E-state index in [-0.39, 0.29) is 18.4 Å². The zero-order valence-corrected chi connectivity index (χ0v) is 17.1. The van der Waals surface area contributed by atoms with Crippen LogP contribution in [0.5, 0.6) is 0 Å². The fraction of sp³-hybridized carbons (Fsp3) is 0.154. The molecule has 0 aliphatic rings. The van der Waals surface area contributed by atoms with E-state index in [0.717, 1.165) is 16.7 Å². The predicted molar refractivity (Wildman–Crippen MR) is 118 cm³/mol. The highest BCUT2D eigenvalue weighted by Gasteiger charge is 2.20. The van der Waals surface area contributed by atoms with Crippen molar-refractivity contribution in [2.24, 2.45) is 0 Å². The van der Waals surface area contributed by atoms with Crippen molar-refractivity contribution in [2.75, 3.05) is 0 Å². The average molecular weight is 396 g/mol. The molecule has 1 unspecified atom stereocenters. The summed E-state index contributed by atoms with van der Waals surface area (Å²) < 4.78 is 5.80. The standard InChI is InChI=1S/C26H24N2O2/c1-18-13-15-21(16-14-18)25(20-9-5-3-6-10-20)28-24(29)17-23-19(2)30-26(27-23)22-11-7-4-8-12-22/h3-16,25H,17H2,1-2H3,(H,28,29). The third-order valence-corrected chi connectivity index (χ3v) is 5.09. The van der Waals surface area contributed by atoms with Crippen molar-refractivity contribution in [1.82, 2.24) is 10.3 Å². The molecular weight excluding hydrogens is 372 g/mol. The molecule has 0 aliphatic heterocycles. The number of carbonyl (C=O) groups is 1. The van der Waals surface area contributed by atoms with E-state index in [9.17, 15) is 4.79 Å². The van der Waals surface area contributed by atoms with E-state index in [1.807, 2.05) is 67.6 Å². The van der Waals surface area contributed by atoms with Crippen LogP contribution in [-0.2, 0) is 11.2 Å². The molecule has 1 aromatic heterocycles. The number of aryl methyl sites for hydroxylation is 2. The highest BCUT2D eigenvalue weighted by atomic mass is 16.4. The van der Waals surface area contributed by atoms with E-state index in [1.54, 1.807) is 0 Å². The second-order valence-corrected chi connectivity index (χ2v) is 7.39. The highest BCUT2D eigenvalue weighted by molar-refractivity contribution is 5.79. The number of nitrogens with one attached hydrogen (secondary N) is 1. The van der Waals surface area contributed by atoms with E-state index >= 15 is 0 Å². The number of nitrogens with zero attached hydrogens (tertiary/aromatic N) is 1. The largest absolute Gasteiger partial charge is 0.441 e. The molecule has 0 spiro atoms. The Balaban J connectivity index is 1.55. The maximum absolute atomic E-state index is 12.9. The first-order valence-electron chi connectivity index (χ1n) is 10.0. The van der Waals surface area contributed by atoms with Crippen LogP contribution in [0, 0.1) is 13.8 Å². The summed E-state index contributed by atoms with van der Waals surface area (Å²) in [5.74, 6) is 1.10. The Labute approximate surface area is 176 Å². The van der Waals surface area contributed by atoms with Crippen molar-refractivity contribution >= 4 is 5.91 Å². The molecule has 0 radical (unpaired) electrons. The molecule has 1 amide bonds. The summed E-state index contributed by atoms with van der Waals surface area (Å²) in [5.41, 5.74) is 4.82. The molecule has 0 saturated carbocycles. The quantitative estimate of drug-likeness (QED) is 0.474. The smallest absolute Gasteiger partial charge is 0.226 e. The first-order chi connectivity index (χ1) is 14.6. The van der Waals surface area contributed by atoms with Gasteiger partial charge in [0.1, 0.15) is 5.76 Å². The van der Waals surface area contributed by atoms with Crippen molar-refractivity contribution in [2.45, 2.75) is 26.3 Å². The van der Waals surface area contributed by atoms with Crippen molar-refractivity contribution in [3.63, 3.8) is 0 Å². The van der Waals surface area contributed by atoms with Gasteiger partial charge in [0.25, 0.3) is 0 Å². The molecule has 1 heterocycles. The van der Waals surface area contributed by atoms with Crippen LogP contribution in [0.3, 0.4) is 0 Å². The van der Waals surface area contributed by atoms with E-state index in [0.29, 0.717) is 17.3 Å². The fourth-order valence-electron chi connectivity index (χ4n) is 3.42. The minimum Gasteiger partial charge on any atom is -0.441 e. The predicted octanol–water partition coefficient (Wildman–Crippen LogP) is 5.41. The van der Waals surface area contributed by atoms with Crippen LogP contribution in [0.4, 0.5) is 0 Å². The summed E-state index contributed by atoms with van der Waals surface area (Å²) in [6.45, 7) is 3.90. The van der Waals surface area contributed by atoms with Crippen LogP contribution in [0.2, 0.25) is 0 Å². The lowest BCUT2D eigenvalue weighted by atomic mass is 9.97. The number of hydrogen-bond donors (Lipinski definition) is 1. The molecule has 150 valence electrons. The number of hydrogen-bond acceptors (Lipinski definition) is 3. The van der Waals surface area contributed by atoms with Gasteiger partial charge in [0.2, 0.25) is 11.8 Å². The Morgan fingerprint density at radius 1 is 0.867 bits per heavy atom. The number of amides is 1. The summed E-state index contributed by atoms with van der Waals surface area (Å²) in [5, 5.41) is 3.17. The fourth-order valence-corrected chi connectivity index (χ4v) is 3.42. The monoisotopic (exact) mass is 396 g/mol. The van der Waals surface area contributed by atoms with Gasteiger partial charge in [-0.05, 0) is 37.1 Å². The Bertz CT molecular complexity index is 1120. The summed E-state index contributed by atoms with van der Waals surface area (Å²) in [4.78, 5) is 17.5. The topological polar surface area (TPSA) is 55.1 Å². The van der Waals surface area contributed by atoms with Crippen LogP contribution in [0.1, 0.15) is 34.2 Å². The number of oxazole rings is 1. The highest BCUT2D eigenvalue weighted by Crippen LogP contribution is 2.24. The van der Waals surface area contributed by atoms with Gasteiger partial charge in [0.05, 0.1) is 18.2 Å². The number of benzene rings is 3. The van der Waals surface area contributed by atoms with Crippen LogP contribution in [-0.4, -0.2) is 10.9 Å². The lowest BCUT2D eigenvalue weighted by molar-refractivity contribution is -0.121. The molecule has 3 aromatic carbocycles. The molecule has 4 aromatic rings. The van der Waals surface area contributed by atoms with Crippen LogP contribution < -0.4 is 5.32 Å². The average Bonchev–Trinajstić information content (AvgIpc) is 3.14. The maximum Gasteiger partial charge on any atom is 0.226 e. The molecule has 0 aliphatic carbocycles. The SMILES string of the molecule is Cc1ccc(C(NC(=O)Cc2nc(-c3ccccc3)oc2C)c2ccccc2)cc1. The molecule has 4 nitrogen and oxygen atoms in total. The van der Waals surface area contributed by atoms with Gasteiger partial charge >= 0.3 is 0 Å². The molecule has 0 fully saturated rings. The molecule has 0 saturated heterocycles. The Hall–Kier alpha value is -3.66. The zero-order chi connectivity index (χ0) is 20.9. The molecule has 0 bridgehead atoms. The Morgan fingerprint density at radius 3 is 2.13 bits per heavy atom. The lowest BCUT2D eigenvalue weighted by Crippen LogP contribution is -2.30. The Morgan fingerprint density at radius 2 is 1.47 bits per heavy atom. The van der Waals surface area contributed by atoms with Gasteiger partial charge in [0, 0.05) is 5.56 Å². The van der Waals surface area contributed by atoms with E-state index in [2.05, 4.69) is 41.5 Å². The van der Waals surface area contributed by atoms with Gasteiger partial charge in [-0.15, -0.1) is 0 Å². The van der Waals surface area contributed by atoms with Gasteiger partial charge < -0.3 is 9.73 Å². The first kappa shape index (κ1) is 19.6. The minimum absolute atomic E-state index is 0.0968. The number of aromatic nitrogens is 1. The van der Waals surface area contributed by atoms with Gasteiger partial charge in [-0.2, -0.15) is 0 Å². The van der Waals surface area contributed by atoms with Crippen molar-refractivity contribution in [3.8, 4) is 11.5 Å². The van der Waals surface area contributed by atoms with Crippen LogP contribution >= 0.6 is 0 Å². The summed E-state index contributed by atoms with van der Waals surface area (Å²) in [7, 11) is 0. The third-order valence-electron chi connectivity index (χ3n) is 5.09. The molecule has 4 heteroatoms. The Kier molecular flexibility index (Phi) is 5.75. The third kappa shape index (κ3) is 4.49. The normalized spacial score (nSPS) is 11.8. The minimum atomic E-state index is -0.222. The van der Waals surface area contributed by atoms with Gasteiger partial charge in [-0.3, -0.25) is 4.79 Å². The van der Waals surface area contributed by atoms with Crippen molar-refractivity contribution in [3.05, 3.63) is 113 Å². The second-order valence-electron chi connectivity index (χ2n) is 7.39. The summed E-state index contributed by atoms with van der Waals surface area (Å²) in [6, 6.07) is 27.7. The number of rotatable bonds is 6. The van der Waals surface area contributed by atoms with Gasteiger partial charge in [0.15, 0.2) is 0 Å². The molecule has 30 heavy (non-hydrogen) atoms. The van der Waals surface area contributed by atoms with E-state index in [4.69, 9.17) is 4.42 Å². The van der Waals surface area contributed by atoms with E-state index < -0.39 is 0 Å². The molecule has 1 N–H and O–H groups in total. The maximum atomic E-state index is 12.9. The lowest BCUT2D eigenvalue weighted by Gasteiger charge is -2.20. The summed E-state index contributed by atoms with van der Waals surface area (Å²) >= 11 is 0. The van der Waals surface area contributed by atoms with E-state index in [1.165, 1.54) is 5.56 Å². The second kappa shape index (κ2) is 8.78. The molecular formula is C26H24N2O2.